The topological polar surface area (TPSA) is 58.9 Å². The van der Waals surface area contributed by atoms with E-state index in [2.05, 4.69) is 172 Å². The zero-order valence-electron chi connectivity index (χ0n) is 39.6. The molecule has 0 aliphatic heterocycles. The number of fused-ring (bicyclic) bond motifs is 1. The van der Waals surface area contributed by atoms with Gasteiger partial charge in [-0.3, -0.25) is 0 Å². The Bertz CT molecular complexity index is 2630. The van der Waals surface area contributed by atoms with Crippen molar-refractivity contribution in [3.05, 3.63) is 206 Å². The fourth-order valence-corrected chi connectivity index (χ4v) is 8.82. The molecule has 1 heterocycles. The van der Waals surface area contributed by atoms with Crippen molar-refractivity contribution in [2.24, 2.45) is 0 Å². The molecule has 2 aliphatic carbocycles. The number of rotatable bonds is 13. The number of benzene rings is 2. The van der Waals surface area contributed by atoms with Crippen LogP contribution in [0.25, 0.3) is 33.7 Å². The molecule has 1 atom stereocenters. The standard InChI is InChI=1S/C58H67N3O/c1-15-24-43(18-4)56-59-57(61-58(60-56)46-31-32-49(38(10)33-46)48(25-16-2)36(7)8)45-28-23-27-44(35-45)50(26-17-3)41(13)53(54(62)20-6)34-37(9)39(11)40(12)55-42(14)51-29-21-22-30-52(51)47(55)19-5/h15-19,21-30,33-35,42,62H,11,20,31-32H2,1-10,12-14H3/b24-15-,25-16-,26-17-,37-34+,43-18+,47-19-,50-41-,54-53-,55-40?. The van der Waals surface area contributed by atoms with E-state index in [1.807, 2.05) is 33.8 Å². The van der Waals surface area contributed by atoms with Gasteiger partial charge < -0.3 is 5.11 Å². The maximum absolute atomic E-state index is 11.6. The number of hydrogen-bond donors (Lipinski definition) is 1. The minimum atomic E-state index is 0.262. The van der Waals surface area contributed by atoms with Gasteiger partial charge in [-0.15, -0.1) is 0 Å². The largest absolute Gasteiger partial charge is 0.512 e. The fourth-order valence-electron chi connectivity index (χ4n) is 8.82. The fraction of sp³-hybridized carbons (Fsp3) is 0.293. The molecule has 0 saturated heterocycles. The van der Waals surface area contributed by atoms with Gasteiger partial charge in [0.15, 0.2) is 17.5 Å². The molecule has 62 heavy (non-hydrogen) atoms. The summed E-state index contributed by atoms with van der Waals surface area (Å²) < 4.78 is 0. The Morgan fingerprint density at radius 2 is 1.50 bits per heavy atom. The van der Waals surface area contributed by atoms with Gasteiger partial charge in [-0.1, -0.05) is 123 Å². The van der Waals surface area contributed by atoms with Crippen LogP contribution in [0.3, 0.4) is 0 Å². The summed E-state index contributed by atoms with van der Waals surface area (Å²) in [5.41, 5.74) is 20.3. The van der Waals surface area contributed by atoms with Gasteiger partial charge in [-0.25, -0.2) is 15.0 Å². The van der Waals surface area contributed by atoms with Gasteiger partial charge in [0.2, 0.25) is 0 Å². The molecule has 4 heteroatoms. The summed E-state index contributed by atoms with van der Waals surface area (Å²) in [5.74, 6) is 2.55. The number of hydrogen-bond acceptors (Lipinski definition) is 4. The second kappa shape index (κ2) is 21.1. The third-order valence-electron chi connectivity index (χ3n) is 12.2. The highest BCUT2D eigenvalue weighted by Gasteiger charge is 2.30. The van der Waals surface area contributed by atoms with Gasteiger partial charge in [0.1, 0.15) is 0 Å². The molecule has 0 bridgehead atoms. The lowest BCUT2D eigenvalue weighted by atomic mass is 9.86. The normalized spacial score (nSPS) is 18.4. The van der Waals surface area contributed by atoms with Crippen molar-refractivity contribution in [3.63, 3.8) is 0 Å². The molecular weight excluding hydrogens is 755 g/mol. The Morgan fingerprint density at radius 1 is 0.823 bits per heavy atom. The summed E-state index contributed by atoms with van der Waals surface area (Å²) >= 11 is 0. The van der Waals surface area contributed by atoms with E-state index in [0.717, 1.165) is 63.0 Å². The first kappa shape index (κ1) is 46.9. The van der Waals surface area contributed by atoms with E-state index in [9.17, 15) is 5.11 Å². The SMILES string of the molecule is C=C(C(C)=C1/C(=C\C)c2ccccc2C1C)/C(C)=C/C(=C(/O)CC)C(/C)=C(/C=C\C)c1cccc(-c2nc(C3=CC(C)=C(C(/C=C\C)=C(C)C)CC3)nc(C(/C=C\C)=C/C)n2)c1. The van der Waals surface area contributed by atoms with Crippen molar-refractivity contribution >= 4 is 22.3 Å². The van der Waals surface area contributed by atoms with Gasteiger partial charge in [-0.05, 0) is 179 Å². The second-order valence-corrected chi connectivity index (χ2v) is 16.5. The molecular formula is C58H67N3O. The van der Waals surface area contributed by atoms with Crippen LogP contribution in [0, 0.1) is 0 Å². The minimum absolute atomic E-state index is 0.262. The number of aromatic nitrogens is 3. The number of aliphatic hydroxyl groups excluding tert-OH is 1. The molecule has 320 valence electrons. The minimum Gasteiger partial charge on any atom is -0.512 e. The smallest absolute Gasteiger partial charge is 0.164 e. The van der Waals surface area contributed by atoms with Crippen LogP contribution in [-0.4, -0.2) is 20.1 Å². The van der Waals surface area contributed by atoms with E-state index in [4.69, 9.17) is 15.0 Å². The lowest BCUT2D eigenvalue weighted by molar-refractivity contribution is 0.390. The van der Waals surface area contributed by atoms with E-state index >= 15 is 0 Å². The van der Waals surface area contributed by atoms with Crippen LogP contribution in [0.15, 0.2) is 177 Å². The molecule has 2 aliphatic rings. The maximum Gasteiger partial charge on any atom is 0.164 e. The van der Waals surface area contributed by atoms with Gasteiger partial charge >= 0.3 is 0 Å². The van der Waals surface area contributed by atoms with Crippen molar-refractivity contribution in [2.75, 3.05) is 0 Å². The maximum atomic E-state index is 11.6. The van der Waals surface area contributed by atoms with Crippen LogP contribution in [0.4, 0.5) is 0 Å². The van der Waals surface area contributed by atoms with Crippen molar-refractivity contribution < 1.29 is 5.11 Å². The summed E-state index contributed by atoms with van der Waals surface area (Å²) in [4.78, 5) is 15.4. The van der Waals surface area contributed by atoms with Crippen LogP contribution in [0.1, 0.15) is 144 Å². The number of nitrogens with zero attached hydrogens (tertiary/aromatic N) is 3. The first-order valence-electron chi connectivity index (χ1n) is 22.2. The van der Waals surface area contributed by atoms with E-state index in [1.54, 1.807) is 0 Å². The zero-order chi connectivity index (χ0) is 45.2. The van der Waals surface area contributed by atoms with Gasteiger partial charge in [0.25, 0.3) is 0 Å². The lowest BCUT2D eigenvalue weighted by Gasteiger charge is -2.20. The van der Waals surface area contributed by atoms with Crippen LogP contribution in [0.5, 0.6) is 0 Å². The van der Waals surface area contributed by atoms with Crippen molar-refractivity contribution in [2.45, 2.75) is 115 Å². The third kappa shape index (κ3) is 9.97. The first-order chi connectivity index (χ1) is 29.7. The first-order valence-corrected chi connectivity index (χ1v) is 22.2. The average Bonchev–Trinajstić information content (AvgIpc) is 3.57. The monoisotopic (exact) mass is 822 g/mol. The van der Waals surface area contributed by atoms with Crippen molar-refractivity contribution in [3.8, 4) is 11.4 Å². The molecule has 1 unspecified atom stereocenters. The van der Waals surface area contributed by atoms with E-state index in [0.29, 0.717) is 29.7 Å². The molecule has 0 amide bonds. The highest BCUT2D eigenvalue weighted by Crippen LogP contribution is 2.48. The molecule has 4 nitrogen and oxygen atoms in total. The van der Waals surface area contributed by atoms with Crippen LogP contribution in [-0.2, 0) is 0 Å². The third-order valence-corrected chi connectivity index (χ3v) is 12.2. The molecule has 1 N–H and O–H groups in total. The molecule has 1 aromatic heterocycles. The quantitative estimate of drug-likeness (QED) is 0.138. The van der Waals surface area contributed by atoms with Crippen LogP contribution >= 0.6 is 0 Å². The van der Waals surface area contributed by atoms with Crippen molar-refractivity contribution in [1.82, 2.24) is 15.0 Å². The Morgan fingerprint density at radius 3 is 2.13 bits per heavy atom. The predicted octanol–water partition coefficient (Wildman–Crippen LogP) is 16.5. The summed E-state index contributed by atoms with van der Waals surface area (Å²) in [6.07, 6.45) is 23.5. The summed E-state index contributed by atoms with van der Waals surface area (Å²) in [5, 5.41) is 11.6. The molecule has 0 spiro atoms. The van der Waals surface area contributed by atoms with E-state index in [-0.39, 0.29) is 5.92 Å². The molecule has 5 rings (SSSR count). The zero-order valence-corrected chi connectivity index (χ0v) is 39.6. The Balaban J connectivity index is 1.63. The second-order valence-electron chi connectivity index (χ2n) is 16.5. The van der Waals surface area contributed by atoms with Gasteiger partial charge in [0.05, 0.1) is 5.76 Å². The molecule has 2 aromatic carbocycles. The molecule has 0 fully saturated rings. The van der Waals surface area contributed by atoms with E-state index < -0.39 is 0 Å². The summed E-state index contributed by atoms with van der Waals surface area (Å²) in [6, 6.07) is 17.1. The number of aliphatic hydroxyl groups is 1. The average molecular weight is 822 g/mol. The van der Waals surface area contributed by atoms with Crippen molar-refractivity contribution in [1.29, 1.82) is 0 Å². The Hall–Kier alpha value is -6.13. The van der Waals surface area contributed by atoms with Crippen LogP contribution < -0.4 is 0 Å². The molecule has 3 aromatic rings. The molecule has 0 radical (unpaired) electrons. The van der Waals surface area contributed by atoms with Gasteiger partial charge in [-0.2, -0.15) is 0 Å². The highest BCUT2D eigenvalue weighted by molar-refractivity contribution is 5.89. The lowest BCUT2D eigenvalue weighted by Crippen LogP contribution is -2.08. The predicted molar refractivity (Wildman–Crippen MR) is 268 cm³/mol. The highest BCUT2D eigenvalue weighted by atomic mass is 16.3. The molecule has 0 saturated carbocycles. The van der Waals surface area contributed by atoms with Gasteiger partial charge in [0, 0.05) is 29.0 Å². The van der Waals surface area contributed by atoms with E-state index in [1.165, 1.54) is 50.1 Å². The van der Waals surface area contributed by atoms with Crippen LogP contribution in [0.2, 0.25) is 0 Å². The summed E-state index contributed by atoms with van der Waals surface area (Å²) in [6.45, 7) is 32.1. The Labute approximate surface area is 373 Å². The number of allylic oxidation sites excluding steroid dienone is 25. The Kier molecular flexibility index (Phi) is 16.0. The summed E-state index contributed by atoms with van der Waals surface area (Å²) in [7, 11) is 0.